The van der Waals surface area contributed by atoms with Gasteiger partial charge in [0.05, 0.1) is 21.3 Å². The van der Waals surface area contributed by atoms with E-state index < -0.39 is 0 Å². The molecule has 2 atom stereocenters. The van der Waals surface area contributed by atoms with Crippen LogP contribution in [-0.4, -0.2) is 69.9 Å². The third-order valence-corrected chi connectivity index (χ3v) is 5.77. The summed E-state index contributed by atoms with van der Waals surface area (Å²) in [6, 6.07) is 5.69. The molecule has 170 valence electrons. The first kappa shape index (κ1) is 24.8. The molecule has 2 fully saturated rings. The molecule has 2 aliphatic rings. The Kier molecular flexibility index (Phi) is 9.80. The summed E-state index contributed by atoms with van der Waals surface area (Å²) in [6.07, 6.45) is 4.61. The molecular formula is C22H37IN4O3. The molecule has 1 aromatic carbocycles. The third kappa shape index (κ3) is 6.29. The first-order chi connectivity index (χ1) is 14.1. The molecule has 1 saturated heterocycles. The Labute approximate surface area is 197 Å². The molecule has 8 heteroatoms. The van der Waals surface area contributed by atoms with Gasteiger partial charge in [0.25, 0.3) is 0 Å². The first-order valence-corrected chi connectivity index (χ1v) is 10.7. The summed E-state index contributed by atoms with van der Waals surface area (Å²) in [5.41, 5.74) is 1.00. The number of rotatable bonds is 9. The highest BCUT2D eigenvalue weighted by Gasteiger charge is 2.38. The Morgan fingerprint density at radius 1 is 1.13 bits per heavy atom. The molecule has 0 amide bonds. The number of halogens is 1. The monoisotopic (exact) mass is 532 g/mol. The number of ether oxygens (including phenoxy) is 3. The van der Waals surface area contributed by atoms with E-state index >= 15 is 0 Å². The molecule has 3 rings (SSSR count). The zero-order valence-corrected chi connectivity index (χ0v) is 21.2. The summed E-state index contributed by atoms with van der Waals surface area (Å²) >= 11 is 0. The fourth-order valence-electron chi connectivity index (χ4n) is 4.19. The normalized spacial score (nSPS) is 21.7. The van der Waals surface area contributed by atoms with E-state index in [2.05, 4.69) is 29.4 Å². The third-order valence-electron chi connectivity index (χ3n) is 5.77. The highest BCUT2D eigenvalue weighted by atomic mass is 127. The number of benzene rings is 1. The van der Waals surface area contributed by atoms with E-state index in [0.717, 1.165) is 54.3 Å². The van der Waals surface area contributed by atoms with Crippen LogP contribution < -0.4 is 24.8 Å². The van der Waals surface area contributed by atoms with E-state index in [1.165, 1.54) is 19.3 Å². The van der Waals surface area contributed by atoms with Crippen molar-refractivity contribution in [1.82, 2.24) is 15.5 Å². The fraction of sp³-hybridized carbons (Fsp3) is 0.682. The van der Waals surface area contributed by atoms with Crippen molar-refractivity contribution in [2.75, 3.05) is 41.0 Å². The van der Waals surface area contributed by atoms with E-state index in [1.54, 1.807) is 21.3 Å². The van der Waals surface area contributed by atoms with Gasteiger partial charge in [-0.05, 0) is 39.5 Å². The second kappa shape index (κ2) is 11.8. The van der Waals surface area contributed by atoms with Crippen LogP contribution in [0, 0.1) is 0 Å². The van der Waals surface area contributed by atoms with Crippen molar-refractivity contribution in [3.8, 4) is 17.2 Å². The van der Waals surface area contributed by atoms with Crippen LogP contribution in [0.2, 0.25) is 0 Å². The van der Waals surface area contributed by atoms with Crippen LogP contribution >= 0.6 is 24.0 Å². The van der Waals surface area contributed by atoms with Crippen LogP contribution in [0.15, 0.2) is 17.1 Å². The molecule has 0 spiro atoms. The van der Waals surface area contributed by atoms with Gasteiger partial charge in [0.1, 0.15) is 17.2 Å². The predicted octanol–water partition coefficient (Wildman–Crippen LogP) is 3.05. The van der Waals surface area contributed by atoms with Gasteiger partial charge in [0, 0.05) is 55.5 Å². The van der Waals surface area contributed by atoms with Gasteiger partial charge in [-0.3, -0.25) is 9.89 Å². The summed E-state index contributed by atoms with van der Waals surface area (Å²) in [4.78, 5) is 7.46. The second-order valence-corrected chi connectivity index (χ2v) is 7.88. The van der Waals surface area contributed by atoms with Gasteiger partial charge in [0.15, 0.2) is 5.96 Å². The number of nitrogens with zero attached hydrogens (tertiary/aromatic N) is 2. The lowest BCUT2D eigenvalue weighted by molar-refractivity contribution is 0.256. The van der Waals surface area contributed by atoms with Gasteiger partial charge in [0.2, 0.25) is 0 Å². The van der Waals surface area contributed by atoms with Crippen LogP contribution in [-0.2, 0) is 6.42 Å². The molecule has 1 aliphatic carbocycles. The van der Waals surface area contributed by atoms with Crippen molar-refractivity contribution in [2.45, 2.75) is 57.7 Å². The lowest BCUT2D eigenvalue weighted by Crippen LogP contribution is -2.44. The maximum Gasteiger partial charge on any atom is 0.191 e. The number of nitrogens with one attached hydrogen (secondary N) is 2. The number of methoxy groups -OCH3 is 3. The van der Waals surface area contributed by atoms with Crippen LogP contribution in [0.1, 0.15) is 38.7 Å². The minimum Gasteiger partial charge on any atom is -0.496 e. The Hall–Kier alpha value is -1.42. The van der Waals surface area contributed by atoms with Crippen molar-refractivity contribution in [3.63, 3.8) is 0 Å². The van der Waals surface area contributed by atoms with Crippen LogP contribution in [0.25, 0.3) is 0 Å². The largest absolute Gasteiger partial charge is 0.496 e. The highest BCUT2D eigenvalue weighted by molar-refractivity contribution is 14.0. The van der Waals surface area contributed by atoms with Crippen molar-refractivity contribution in [2.24, 2.45) is 4.99 Å². The number of aliphatic imine (C=N–C) groups is 1. The van der Waals surface area contributed by atoms with E-state index in [1.807, 2.05) is 12.1 Å². The summed E-state index contributed by atoms with van der Waals surface area (Å²) in [6.45, 7) is 7.03. The van der Waals surface area contributed by atoms with Crippen LogP contribution in [0.4, 0.5) is 0 Å². The number of guanidine groups is 1. The van der Waals surface area contributed by atoms with Gasteiger partial charge in [-0.15, -0.1) is 24.0 Å². The molecule has 0 aromatic heterocycles. The summed E-state index contributed by atoms with van der Waals surface area (Å²) in [5.74, 6) is 3.13. The molecule has 0 radical (unpaired) electrons. The summed E-state index contributed by atoms with van der Waals surface area (Å²) < 4.78 is 16.4. The quantitative estimate of drug-likeness (QED) is 0.290. The molecule has 2 N–H and O–H groups in total. The lowest BCUT2D eigenvalue weighted by atomic mass is 10.1. The molecule has 1 aliphatic heterocycles. The summed E-state index contributed by atoms with van der Waals surface area (Å²) in [5, 5.41) is 7.02. The van der Waals surface area contributed by atoms with Crippen molar-refractivity contribution in [3.05, 3.63) is 17.7 Å². The van der Waals surface area contributed by atoms with Gasteiger partial charge >= 0.3 is 0 Å². The Balaban J connectivity index is 0.00000320. The minimum atomic E-state index is 0. The van der Waals surface area contributed by atoms with E-state index in [9.17, 15) is 0 Å². The van der Waals surface area contributed by atoms with E-state index in [4.69, 9.17) is 19.2 Å². The number of likely N-dealkylation sites (tertiary alicyclic amines) is 1. The zero-order chi connectivity index (χ0) is 20.8. The molecule has 1 heterocycles. The smallest absolute Gasteiger partial charge is 0.191 e. The molecular weight excluding hydrogens is 495 g/mol. The predicted molar refractivity (Wildman–Crippen MR) is 132 cm³/mol. The topological polar surface area (TPSA) is 67.4 Å². The standard InChI is InChI=1S/C22H36N4O3.HI/c1-6-23-22(25-16-11-15(2)26(14-16)17-7-8-17)24-10-9-19-20(28-4)12-18(27-3)13-21(19)29-5;/h12-13,15-17H,6-11,14H2,1-5H3,(H2,23,24,25);1H. The summed E-state index contributed by atoms with van der Waals surface area (Å²) in [7, 11) is 4.97. The molecule has 30 heavy (non-hydrogen) atoms. The average molecular weight is 532 g/mol. The Bertz CT molecular complexity index is 687. The Morgan fingerprint density at radius 2 is 1.80 bits per heavy atom. The SMILES string of the molecule is CCNC(=NCCc1c(OC)cc(OC)cc1OC)NC1CC(C)N(C2CC2)C1.I. The second-order valence-electron chi connectivity index (χ2n) is 7.88. The minimum absolute atomic E-state index is 0. The average Bonchev–Trinajstić information content (AvgIpc) is 3.50. The molecule has 7 nitrogen and oxygen atoms in total. The van der Waals surface area contributed by atoms with Gasteiger partial charge in [-0.1, -0.05) is 0 Å². The van der Waals surface area contributed by atoms with Crippen molar-refractivity contribution in [1.29, 1.82) is 0 Å². The van der Waals surface area contributed by atoms with Crippen LogP contribution in [0.5, 0.6) is 17.2 Å². The maximum absolute atomic E-state index is 5.55. The van der Waals surface area contributed by atoms with Crippen molar-refractivity contribution >= 4 is 29.9 Å². The number of hydrogen-bond donors (Lipinski definition) is 2. The van der Waals surface area contributed by atoms with Gasteiger partial charge < -0.3 is 24.8 Å². The maximum atomic E-state index is 5.55. The van der Waals surface area contributed by atoms with E-state index in [0.29, 0.717) is 18.6 Å². The van der Waals surface area contributed by atoms with E-state index in [-0.39, 0.29) is 24.0 Å². The lowest BCUT2D eigenvalue weighted by Gasteiger charge is -2.20. The highest BCUT2D eigenvalue weighted by Crippen LogP contribution is 2.35. The molecule has 1 saturated carbocycles. The fourth-order valence-corrected chi connectivity index (χ4v) is 4.19. The first-order valence-electron chi connectivity index (χ1n) is 10.7. The Morgan fingerprint density at radius 3 is 2.33 bits per heavy atom. The molecule has 1 aromatic rings. The van der Waals surface area contributed by atoms with Crippen LogP contribution in [0.3, 0.4) is 0 Å². The van der Waals surface area contributed by atoms with Gasteiger partial charge in [-0.25, -0.2) is 0 Å². The number of hydrogen-bond acceptors (Lipinski definition) is 5. The molecule has 0 bridgehead atoms. The zero-order valence-electron chi connectivity index (χ0n) is 18.9. The van der Waals surface area contributed by atoms with Gasteiger partial charge in [-0.2, -0.15) is 0 Å². The molecule has 2 unspecified atom stereocenters. The van der Waals surface area contributed by atoms with Crippen molar-refractivity contribution < 1.29 is 14.2 Å².